The van der Waals surface area contributed by atoms with Gasteiger partial charge in [0.2, 0.25) is 5.91 Å². The van der Waals surface area contributed by atoms with Gasteiger partial charge in [0.25, 0.3) is 0 Å². The number of ether oxygens (including phenoxy) is 1. The second-order valence-corrected chi connectivity index (χ2v) is 7.52. The Balaban J connectivity index is 1.33. The van der Waals surface area contributed by atoms with Crippen LogP contribution in [0.25, 0.3) is 0 Å². The van der Waals surface area contributed by atoms with E-state index in [4.69, 9.17) is 4.74 Å². The molecular weight excluding hydrogens is 324 g/mol. The lowest BCUT2D eigenvalue weighted by Gasteiger charge is -2.32. The fraction of sp³-hybridized carbons (Fsp3) is 0.409. The molecule has 0 aromatic heterocycles. The largest absolute Gasteiger partial charge is 0.371 e. The van der Waals surface area contributed by atoms with Gasteiger partial charge in [0.15, 0.2) is 0 Å². The number of morpholine rings is 1. The Bertz CT molecular complexity index is 744. The van der Waals surface area contributed by atoms with Crippen LogP contribution in [0.3, 0.4) is 0 Å². The molecule has 26 heavy (non-hydrogen) atoms. The summed E-state index contributed by atoms with van der Waals surface area (Å²) in [5.41, 5.74) is 3.73. The van der Waals surface area contributed by atoms with E-state index in [9.17, 15) is 4.79 Å². The maximum absolute atomic E-state index is 12.7. The van der Waals surface area contributed by atoms with Crippen LogP contribution in [0.4, 0.5) is 0 Å². The van der Waals surface area contributed by atoms with Crippen LogP contribution in [0.2, 0.25) is 0 Å². The first kappa shape index (κ1) is 17.3. The average molecular weight is 350 g/mol. The summed E-state index contributed by atoms with van der Waals surface area (Å²) in [4.78, 5) is 15.1. The van der Waals surface area contributed by atoms with Crippen LogP contribution in [0.1, 0.15) is 23.1 Å². The molecule has 0 unspecified atom stereocenters. The van der Waals surface area contributed by atoms with Crippen LogP contribution in [0, 0.1) is 12.8 Å². The molecule has 136 valence electrons. The van der Waals surface area contributed by atoms with Gasteiger partial charge in [-0.25, -0.2) is 0 Å². The lowest BCUT2D eigenvalue weighted by molar-refractivity contribution is -0.128. The summed E-state index contributed by atoms with van der Waals surface area (Å²) in [6.45, 7) is 5.35. The highest BCUT2D eigenvalue weighted by atomic mass is 16.5. The molecule has 0 spiro atoms. The first-order valence-electron chi connectivity index (χ1n) is 9.42. The first-order chi connectivity index (χ1) is 12.7. The van der Waals surface area contributed by atoms with Crippen LogP contribution in [-0.2, 0) is 22.6 Å². The molecule has 2 bridgehead atoms. The number of benzene rings is 2. The number of nitrogens with one attached hydrogen (secondary N) is 1. The molecule has 4 heteroatoms. The lowest BCUT2D eigenvalue weighted by atomic mass is 9.99. The van der Waals surface area contributed by atoms with Gasteiger partial charge in [0, 0.05) is 26.2 Å². The fourth-order valence-corrected chi connectivity index (χ4v) is 4.01. The van der Waals surface area contributed by atoms with E-state index in [2.05, 4.69) is 41.4 Å². The number of rotatable bonds is 5. The highest BCUT2D eigenvalue weighted by Crippen LogP contribution is 2.32. The minimum Gasteiger partial charge on any atom is -0.371 e. The van der Waals surface area contributed by atoms with Gasteiger partial charge in [-0.3, -0.25) is 9.69 Å². The van der Waals surface area contributed by atoms with Gasteiger partial charge in [-0.15, -0.1) is 0 Å². The van der Waals surface area contributed by atoms with Crippen LogP contribution in [0.5, 0.6) is 0 Å². The molecule has 1 amide bonds. The van der Waals surface area contributed by atoms with Crippen molar-refractivity contribution in [3.8, 4) is 0 Å². The van der Waals surface area contributed by atoms with E-state index < -0.39 is 0 Å². The number of hydrogen-bond donors (Lipinski definition) is 1. The minimum absolute atomic E-state index is 0.00923. The molecular formula is C22H26N2O2. The van der Waals surface area contributed by atoms with Crippen molar-refractivity contribution in [2.24, 2.45) is 5.92 Å². The lowest BCUT2D eigenvalue weighted by Crippen LogP contribution is -2.44. The third-order valence-corrected chi connectivity index (χ3v) is 5.41. The van der Waals surface area contributed by atoms with Gasteiger partial charge in [-0.05, 0) is 24.5 Å². The van der Waals surface area contributed by atoms with Gasteiger partial charge >= 0.3 is 0 Å². The van der Waals surface area contributed by atoms with E-state index in [-0.39, 0.29) is 24.0 Å². The molecule has 4 nitrogen and oxygen atoms in total. The van der Waals surface area contributed by atoms with E-state index in [0.717, 1.165) is 31.6 Å². The zero-order valence-corrected chi connectivity index (χ0v) is 15.2. The topological polar surface area (TPSA) is 41.6 Å². The molecule has 4 rings (SSSR count). The third-order valence-electron chi connectivity index (χ3n) is 5.41. The highest BCUT2D eigenvalue weighted by Gasteiger charge is 2.44. The highest BCUT2D eigenvalue weighted by molar-refractivity contribution is 5.79. The molecule has 1 N–H and O–H groups in total. The quantitative estimate of drug-likeness (QED) is 0.902. The molecule has 2 fully saturated rings. The fourth-order valence-electron chi connectivity index (χ4n) is 4.01. The maximum Gasteiger partial charge on any atom is 0.226 e. The number of carbonyl (C=O) groups excluding carboxylic acids is 1. The number of likely N-dealkylation sites (tertiary alicyclic amines) is 1. The van der Waals surface area contributed by atoms with Gasteiger partial charge in [0.05, 0.1) is 18.1 Å². The number of fused-ring (bicyclic) bond motifs is 2. The zero-order chi connectivity index (χ0) is 17.9. The van der Waals surface area contributed by atoms with E-state index in [1.807, 2.05) is 30.3 Å². The first-order valence-corrected chi connectivity index (χ1v) is 9.42. The van der Waals surface area contributed by atoms with Crippen molar-refractivity contribution in [2.75, 3.05) is 13.1 Å². The Kier molecular flexibility index (Phi) is 5.05. The number of nitrogens with zero attached hydrogens (tertiary/aromatic N) is 1. The summed E-state index contributed by atoms with van der Waals surface area (Å²) in [5, 5.41) is 3.09. The molecule has 0 aliphatic carbocycles. The molecule has 2 heterocycles. The van der Waals surface area contributed by atoms with Crippen molar-refractivity contribution < 1.29 is 9.53 Å². The Labute approximate surface area is 155 Å². The molecule has 2 aromatic carbocycles. The molecule has 2 aliphatic heterocycles. The zero-order valence-electron chi connectivity index (χ0n) is 15.2. The van der Waals surface area contributed by atoms with Gasteiger partial charge in [0.1, 0.15) is 0 Å². The molecule has 0 saturated carbocycles. The maximum atomic E-state index is 12.7. The van der Waals surface area contributed by atoms with Crippen LogP contribution in [0.15, 0.2) is 54.6 Å². The Morgan fingerprint density at radius 1 is 1.08 bits per heavy atom. The van der Waals surface area contributed by atoms with E-state index in [1.54, 1.807) is 0 Å². The third kappa shape index (κ3) is 3.97. The summed E-state index contributed by atoms with van der Waals surface area (Å²) in [6, 6.07) is 18.7. The van der Waals surface area contributed by atoms with E-state index >= 15 is 0 Å². The summed E-state index contributed by atoms with van der Waals surface area (Å²) >= 11 is 0. The Hall–Kier alpha value is -2.17. The second-order valence-electron chi connectivity index (χ2n) is 7.52. The summed E-state index contributed by atoms with van der Waals surface area (Å²) in [7, 11) is 0. The summed E-state index contributed by atoms with van der Waals surface area (Å²) in [5.74, 6) is 0.0882. The number of hydrogen-bond acceptors (Lipinski definition) is 3. The standard InChI is InChI=1S/C22H26N2O2/c1-16-7-9-18(10-8-16)13-24-14-19-11-20(21(15-24)26-19)22(25)23-12-17-5-3-2-4-6-17/h2-10,19-21H,11-15H2,1H3,(H,23,25)/t19-,20+,21-/m0/s1. The van der Waals surface area contributed by atoms with Crippen molar-refractivity contribution in [3.63, 3.8) is 0 Å². The van der Waals surface area contributed by atoms with Gasteiger partial charge in [-0.1, -0.05) is 60.2 Å². The number of carbonyl (C=O) groups is 1. The van der Waals surface area contributed by atoms with Crippen LogP contribution >= 0.6 is 0 Å². The van der Waals surface area contributed by atoms with Crippen molar-refractivity contribution in [1.29, 1.82) is 0 Å². The molecule has 2 aliphatic rings. The smallest absolute Gasteiger partial charge is 0.226 e. The van der Waals surface area contributed by atoms with Crippen molar-refractivity contribution >= 4 is 5.91 Å². The normalized spacial score (nSPS) is 25.2. The predicted molar refractivity (Wildman–Crippen MR) is 102 cm³/mol. The molecule has 3 atom stereocenters. The average Bonchev–Trinajstić information content (AvgIpc) is 2.97. The Morgan fingerprint density at radius 2 is 1.85 bits per heavy atom. The molecule has 2 saturated heterocycles. The van der Waals surface area contributed by atoms with Crippen molar-refractivity contribution in [2.45, 2.75) is 38.6 Å². The van der Waals surface area contributed by atoms with Crippen LogP contribution in [-0.4, -0.2) is 36.1 Å². The summed E-state index contributed by atoms with van der Waals surface area (Å²) in [6.07, 6.45) is 1.01. The van der Waals surface area contributed by atoms with Crippen molar-refractivity contribution in [1.82, 2.24) is 10.2 Å². The second kappa shape index (κ2) is 7.60. The molecule has 0 radical (unpaired) electrons. The SMILES string of the molecule is Cc1ccc(CN2C[C@@H]3C[C@@H](C(=O)NCc4ccccc4)[C@H](C2)O3)cc1. The summed E-state index contributed by atoms with van der Waals surface area (Å²) < 4.78 is 6.07. The minimum atomic E-state index is -0.0354. The number of amides is 1. The van der Waals surface area contributed by atoms with E-state index in [1.165, 1.54) is 11.1 Å². The number of aryl methyl sites for hydroxylation is 1. The Morgan fingerprint density at radius 3 is 2.62 bits per heavy atom. The van der Waals surface area contributed by atoms with Gasteiger partial charge in [-0.2, -0.15) is 0 Å². The monoisotopic (exact) mass is 350 g/mol. The van der Waals surface area contributed by atoms with Crippen molar-refractivity contribution in [3.05, 3.63) is 71.3 Å². The van der Waals surface area contributed by atoms with Crippen LogP contribution < -0.4 is 5.32 Å². The van der Waals surface area contributed by atoms with Gasteiger partial charge < -0.3 is 10.1 Å². The molecule has 2 aromatic rings. The van der Waals surface area contributed by atoms with E-state index in [0.29, 0.717) is 6.54 Å². The predicted octanol–water partition coefficient (Wildman–Crippen LogP) is 2.90.